The first-order valence-corrected chi connectivity index (χ1v) is 9.00. The first kappa shape index (κ1) is 18.9. The van der Waals surface area contributed by atoms with Crippen LogP contribution in [0.5, 0.6) is 0 Å². The molecule has 0 saturated heterocycles. The van der Waals surface area contributed by atoms with Crippen LogP contribution in [-0.2, 0) is 0 Å². The number of benzene rings is 3. The first-order chi connectivity index (χ1) is 13.1. The minimum Gasteiger partial charge on any atom is -0.321 e. The molecular weight excluding hydrogens is 379 g/mol. The molecule has 3 aromatic rings. The Morgan fingerprint density at radius 2 is 1.56 bits per heavy atom. The number of aliphatic imine (C=N–C) groups is 1. The van der Waals surface area contributed by atoms with Crippen LogP contribution in [0, 0.1) is 0 Å². The number of hydrogen-bond donors (Lipinski definition) is 1. The van der Waals surface area contributed by atoms with Gasteiger partial charge >= 0.3 is 0 Å². The maximum atomic E-state index is 12.3. The van der Waals surface area contributed by atoms with Gasteiger partial charge in [-0.3, -0.25) is 9.79 Å². The highest BCUT2D eigenvalue weighted by molar-refractivity contribution is 6.37. The molecule has 3 rings (SSSR count). The van der Waals surface area contributed by atoms with Gasteiger partial charge in [0.15, 0.2) is 0 Å². The van der Waals surface area contributed by atoms with Gasteiger partial charge in [-0.25, -0.2) is 0 Å². The highest BCUT2D eigenvalue weighted by Gasteiger charge is 2.11. The molecule has 0 spiro atoms. The van der Waals surface area contributed by atoms with Crippen LogP contribution in [0.1, 0.15) is 15.9 Å². The van der Waals surface area contributed by atoms with Gasteiger partial charge in [0.05, 0.1) is 21.4 Å². The molecule has 0 atom stereocenters. The van der Waals surface area contributed by atoms with Crippen molar-refractivity contribution in [2.45, 2.75) is 0 Å². The van der Waals surface area contributed by atoms with Crippen LogP contribution in [0.15, 0.2) is 83.9 Å². The van der Waals surface area contributed by atoms with E-state index < -0.39 is 0 Å². The van der Waals surface area contributed by atoms with Gasteiger partial charge in [0, 0.05) is 11.8 Å². The lowest BCUT2D eigenvalue weighted by molar-refractivity contribution is 0.102. The number of carbonyl (C=O) groups excluding carboxylic acids is 1. The molecular formula is C22H16Cl2N2O. The molecule has 0 aromatic heterocycles. The molecule has 1 amide bonds. The average molecular weight is 395 g/mol. The molecule has 3 aromatic carbocycles. The molecule has 0 heterocycles. The second-order valence-electron chi connectivity index (χ2n) is 5.65. The van der Waals surface area contributed by atoms with Crippen molar-refractivity contribution in [1.29, 1.82) is 0 Å². The number of halogens is 2. The molecule has 134 valence electrons. The van der Waals surface area contributed by atoms with Crippen molar-refractivity contribution in [3.05, 3.63) is 100 Å². The average Bonchev–Trinajstić information content (AvgIpc) is 2.70. The summed E-state index contributed by atoms with van der Waals surface area (Å²) < 4.78 is 0. The summed E-state index contributed by atoms with van der Waals surface area (Å²) in [7, 11) is 0. The van der Waals surface area contributed by atoms with Crippen molar-refractivity contribution in [3.63, 3.8) is 0 Å². The van der Waals surface area contributed by atoms with E-state index in [0.717, 1.165) is 5.56 Å². The fourth-order valence-electron chi connectivity index (χ4n) is 2.36. The van der Waals surface area contributed by atoms with Crippen LogP contribution < -0.4 is 5.32 Å². The van der Waals surface area contributed by atoms with E-state index in [1.54, 1.807) is 42.6 Å². The third-order valence-electron chi connectivity index (χ3n) is 3.71. The minimum absolute atomic E-state index is 0.254. The summed E-state index contributed by atoms with van der Waals surface area (Å²) in [5, 5.41) is 3.52. The van der Waals surface area contributed by atoms with E-state index in [4.69, 9.17) is 23.2 Å². The fourth-order valence-corrected chi connectivity index (χ4v) is 2.77. The predicted octanol–water partition coefficient (Wildman–Crippen LogP) is 6.66. The molecule has 27 heavy (non-hydrogen) atoms. The smallest absolute Gasteiger partial charge is 0.255 e. The van der Waals surface area contributed by atoms with Crippen molar-refractivity contribution in [1.82, 2.24) is 0 Å². The van der Waals surface area contributed by atoms with Crippen molar-refractivity contribution in [2.24, 2.45) is 4.99 Å². The molecule has 5 heteroatoms. The number of amides is 1. The Morgan fingerprint density at radius 3 is 2.26 bits per heavy atom. The summed E-state index contributed by atoms with van der Waals surface area (Å²) in [4.78, 5) is 16.6. The zero-order chi connectivity index (χ0) is 19.1. The molecule has 1 N–H and O–H groups in total. The predicted molar refractivity (Wildman–Crippen MR) is 114 cm³/mol. The summed E-state index contributed by atoms with van der Waals surface area (Å²) >= 11 is 12.6. The van der Waals surface area contributed by atoms with E-state index in [-0.39, 0.29) is 5.91 Å². The van der Waals surface area contributed by atoms with Crippen LogP contribution in [0.3, 0.4) is 0 Å². The molecule has 0 aliphatic rings. The number of nitrogens with one attached hydrogen (secondary N) is 1. The van der Waals surface area contributed by atoms with Gasteiger partial charge in [0.25, 0.3) is 5.91 Å². The van der Waals surface area contributed by atoms with Crippen LogP contribution in [0.2, 0.25) is 10.0 Å². The van der Waals surface area contributed by atoms with E-state index >= 15 is 0 Å². The van der Waals surface area contributed by atoms with Gasteiger partial charge in [0.1, 0.15) is 0 Å². The van der Waals surface area contributed by atoms with Crippen LogP contribution in [0.25, 0.3) is 6.08 Å². The Morgan fingerprint density at radius 1 is 0.889 bits per heavy atom. The first-order valence-electron chi connectivity index (χ1n) is 8.25. The van der Waals surface area contributed by atoms with Crippen molar-refractivity contribution in [3.8, 4) is 0 Å². The Labute approximate surface area is 168 Å². The van der Waals surface area contributed by atoms with Gasteiger partial charge < -0.3 is 5.32 Å². The van der Waals surface area contributed by atoms with Gasteiger partial charge in [-0.05, 0) is 35.9 Å². The quantitative estimate of drug-likeness (QED) is 0.482. The normalized spacial score (nSPS) is 11.2. The number of anilines is 1. The summed E-state index contributed by atoms with van der Waals surface area (Å²) in [5.74, 6) is -0.254. The Bertz CT molecular complexity index is 984. The lowest BCUT2D eigenvalue weighted by Gasteiger charge is -2.09. The Balaban J connectivity index is 1.72. The van der Waals surface area contributed by atoms with Gasteiger partial charge in [-0.1, -0.05) is 77.8 Å². The zero-order valence-corrected chi connectivity index (χ0v) is 15.8. The molecule has 0 unspecified atom stereocenters. The van der Waals surface area contributed by atoms with E-state index in [0.29, 0.717) is 27.0 Å². The monoisotopic (exact) mass is 394 g/mol. The van der Waals surface area contributed by atoms with E-state index in [1.807, 2.05) is 48.6 Å². The number of hydrogen-bond acceptors (Lipinski definition) is 2. The van der Waals surface area contributed by atoms with Crippen LogP contribution in [-0.4, -0.2) is 12.1 Å². The third-order valence-corrected chi connectivity index (χ3v) is 4.32. The largest absolute Gasteiger partial charge is 0.321 e. The minimum atomic E-state index is -0.254. The van der Waals surface area contributed by atoms with Gasteiger partial charge in [-0.2, -0.15) is 0 Å². The third kappa shape index (κ3) is 5.30. The van der Waals surface area contributed by atoms with Crippen molar-refractivity contribution in [2.75, 3.05) is 5.32 Å². The maximum Gasteiger partial charge on any atom is 0.255 e. The highest BCUT2D eigenvalue weighted by atomic mass is 35.5. The van der Waals surface area contributed by atoms with E-state index in [2.05, 4.69) is 10.3 Å². The molecule has 0 aliphatic heterocycles. The molecule has 0 fully saturated rings. The summed E-state index contributed by atoms with van der Waals surface area (Å²) in [6.45, 7) is 0. The summed E-state index contributed by atoms with van der Waals surface area (Å²) in [6, 6.07) is 22.0. The summed E-state index contributed by atoms with van der Waals surface area (Å²) in [5.41, 5.74) is 2.58. The van der Waals surface area contributed by atoms with Gasteiger partial charge in [0.2, 0.25) is 0 Å². The zero-order valence-electron chi connectivity index (χ0n) is 14.3. The lowest BCUT2D eigenvalue weighted by Crippen LogP contribution is -2.11. The topological polar surface area (TPSA) is 41.5 Å². The standard InChI is InChI=1S/C22H16Cl2N2O/c23-18-15-21(26-22(27)17-11-5-2-6-12-17)19(24)14-20(18)25-13-7-10-16-8-3-1-4-9-16/h1-15H,(H,26,27)/b10-7+,25-13?. The lowest BCUT2D eigenvalue weighted by atomic mass is 10.2. The molecule has 0 radical (unpaired) electrons. The van der Waals surface area contributed by atoms with Gasteiger partial charge in [-0.15, -0.1) is 0 Å². The Kier molecular flexibility index (Phi) is 6.42. The summed E-state index contributed by atoms with van der Waals surface area (Å²) in [6.07, 6.45) is 5.41. The maximum absolute atomic E-state index is 12.3. The van der Waals surface area contributed by atoms with E-state index in [9.17, 15) is 4.79 Å². The van der Waals surface area contributed by atoms with Crippen LogP contribution in [0.4, 0.5) is 11.4 Å². The second-order valence-corrected chi connectivity index (χ2v) is 6.47. The number of allylic oxidation sites excluding steroid dienone is 1. The van der Waals surface area contributed by atoms with Crippen molar-refractivity contribution >= 4 is 52.8 Å². The fraction of sp³-hybridized carbons (Fsp3) is 0. The van der Waals surface area contributed by atoms with Crippen molar-refractivity contribution < 1.29 is 4.79 Å². The molecule has 0 bridgehead atoms. The number of nitrogens with zero attached hydrogens (tertiary/aromatic N) is 1. The SMILES string of the molecule is O=C(Nc1cc(Cl)c(N=C/C=C/c2ccccc2)cc1Cl)c1ccccc1. The Hall–Kier alpha value is -2.88. The number of rotatable bonds is 5. The second kappa shape index (κ2) is 9.17. The highest BCUT2D eigenvalue weighted by Crippen LogP contribution is 2.34. The molecule has 0 aliphatic carbocycles. The van der Waals surface area contributed by atoms with Crippen LogP contribution >= 0.6 is 23.2 Å². The molecule has 0 saturated carbocycles. The number of carbonyl (C=O) groups is 1. The van der Waals surface area contributed by atoms with E-state index in [1.165, 1.54) is 0 Å². The molecule has 3 nitrogen and oxygen atoms in total.